The minimum atomic E-state index is -2.89. The predicted octanol–water partition coefficient (Wildman–Crippen LogP) is 0.632. The summed E-state index contributed by atoms with van der Waals surface area (Å²) < 4.78 is 23.0. The van der Waals surface area contributed by atoms with Gasteiger partial charge in [-0.1, -0.05) is 6.07 Å². The van der Waals surface area contributed by atoms with Crippen molar-refractivity contribution in [2.75, 3.05) is 18.1 Å². The van der Waals surface area contributed by atoms with Crippen LogP contribution in [0.4, 0.5) is 0 Å². The number of aromatic nitrogens is 1. The smallest absolute Gasteiger partial charge is 0.191 e. The van der Waals surface area contributed by atoms with Gasteiger partial charge in [-0.05, 0) is 32.4 Å². The van der Waals surface area contributed by atoms with Gasteiger partial charge in [-0.25, -0.2) is 13.4 Å². The Balaban J connectivity index is 1.99. The molecule has 1 aliphatic rings. The Morgan fingerprint density at radius 2 is 2.29 bits per heavy atom. The number of sulfone groups is 1. The highest BCUT2D eigenvalue weighted by molar-refractivity contribution is 7.91. The molecule has 2 rings (SSSR count). The van der Waals surface area contributed by atoms with Crippen LogP contribution in [-0.4, -0.2) is 43.5 Å². The number of guanidine groups is 1. The average Bonchev–Trinajstić information content (AvgIpc) is 2.76. The molecule has 2 heterocycles. The Hall–Kier alpha value is -1.63. The van der Waals surface area contributed by atoms with Crippen LogP contribution in [0.2, 0.25) is 0 Å². The van der Waals surface area contributed by atoms with Crippen LogP contribution < -0.4 is 10.6 Å². The summed E-state index contributed by atoms with van der Waals surface area (Å²) in [7, 11) is -2.89. The van der Waals surface area contributed by atoms with Crippen molar-refractivity contribution < 1.29 is 8.42 Å². The Kier molecular flexibility index (Phi) is 5.17. The van der Waals surface area contributed by atoms with Gasteiger partial charge in [-0.3, -0.25) is 4.98 Å². The SMILES string of the molecule is CCNC(=NCc1cccc(C)n1)NC1CCS(=O)(=O)C1. The van der Waals surface area contributed by atoms with Crippen molar-refractivity contribution in [1.82, 2.24) is 15.6 Å². The lowest BCUT2D eigenvalue weighted by Gasteiger charge is -2.15. The van der Waals surface area contributed by atoms with Crippen LogP contribution in [0.15, 0.2) is 23.2 Å². The van der Waals surface area contributed by atoms with E-state index >= 15 is 0 Å². The quantitative estimate of drug-likeness (QED) is 0.629. The first-order valence-electron chi connectivity index (χ1n) is 7.16. The van der Waals surface area contributed by atoms with Crippen LogP contribution >= 0.6 is 0 Å². The number of hydrogen-bond acceptors (Lipinski definition) is 4. The van der Waals surface area contributed by atoms with E-state index in [0.29, 0.717) is 18.9 Å². The third-order valence-electron chi connectivity index (χ3n) is 3.26. The van der Waals surface area contributed by atoms with Gasteiger partial charge in [0.2, 0.25) is 0 Å². The van der Waals surface area contributed by atoms with Gasteiger partial charge in [0.05, 0.1) is 23.7 Å². The van der Waals surface area contributed by atoms with E-state index in [4.69, 9.17) is 0 Å². The van der Waals surface area contributed by atoms with E-state index in [0.717, 1.165) is 17.9 Å². The number of aliphatic imine (C=N–C) groups is 1. The van der Waals surface area contributed by atoms with E-state index in [1.165, 1.54) is 0 Å². The topological polar surface area (TPSA) is 83.4 Å². The summed E-state index contributed by atoms with van der Waals surface area (Å²) in [6.07, 6.45) is 0.634. The van der Waals surface area contributed by atoms with E-state index in [9.17, 15) is 8.42 Å². The molecule has 1 aliphatic heterocycles. The molecule has 0 bridgehead atoms. The molecule has 0 spiro atoms. The summed E-state index contributed by atoms with van der Waals surface area (Å²) in [5.41, 5.74) is 1.86. The molecule has 0 radical (unpaired) electrons. The number of hydrogen-bond donors (Lipinski definition) is 2. The summed E-state index contributed by atoms with van der Waals surface area (Å²) in [4.78, 5) is 8.87. The van der Waals surface area contributed by atoms with Crippen molar-refractivity contribution in [2.45, 2.75) is 32.9 Å². The highest BCUT2D eigenvalue weighted by atomic mass is 32.2. The largest absolute Gasteiger partial charge is 0.357 e. The van der Waals surface area contributed by atoms with E-state index in [1.54, 1.807) is 0 Å². The lowest BCUT2D eigenvalue weighted by atomic mass is 10.3. The zero-order valence-electron chi connectivity index (χ0n) is 12.5. The molecule has 6 nitrogen and oxygen atoms in total. The fourth-order valence-corrected chi connectivity index (χ4v) is 3.94. The second-order valence-corrected chi connectivity index (χ2v) is 7.44. The van der Waals surface area contributed by atoms with Crippen LogP contribution in [0, 0.1) is 6.92 Å². The van der Waals surface area contributed by atoms with Gasteiger partial charge in [0.15, 0.2) is 15.8 Å². The zero-order valence-corrected chi connectivity index (χ0v) is 13.3. The van der Waals surface area contributed by atoms with E-state index in [-0.39, 0.29) is 17.5 Å². The molecule has 0 aliphatic carbocycles. The van der Waals surface area contributed by atoms with Crippen LogP contribution in [0.5, 0.6) is 0 Å². The first-order valence-corrected chi connectivity index (χ1v) is 8.98. The standard InChI is InChI=1S/C14H22N4O2S/c1-3-15-14(18-13-7-8-21(19,20)10-13)16-9-12-6-4-5-11(2)17-12/h4-6,13H,3,7-10H2,1-2H3,(H2,15,16,18). The summed E-state index contributed by atoms with van der Waals surface area (Å²) in [6, 6.07) is 5.77. The predicted molar refractivity (Wildman–Crippen MR) is 84.0 cm³/mol. The number of nitrogens with zero attached hydrogens (tertiary/aromatic N) is 2. The average molecular weight is 310 g/mol. The molecule has 1 fully saturated rings. The molecular weight excluding hydrogens is 288 g/mol. The lowest BCUT2D eigenvalue weighted by molar-refractivity contribution is 0.599. The second-order valence-electron chi connectivity index (χ2n) is 5.21. The maximum absolute atomic E-state index is 11.5. The molecule has 7 heteroatoms. The molecule has 1 unspecified atom stereocenters. The van der Waals surface area contributed by atoms with Gasteiger partial charge >= 0.3 is 0 Å². The number of pyridine rings is 1. The molecule has 2 N–H and O–H groups in total. The first-order chi connectivity index (χ1) is 9.98. The summed E-state index contributed by atoms with van der Waals surface area (Å²) in [5.74, 6) is 1.08. The van der Waals surface area contributed by atoms with Crippen molar-refractivity contribution in [3.8, 4) is 0 Å². The molecule has 116 valence electrons. The highest BCUT2D eigenvalue weighted by Crippen LogP contribution is 2.11. The molecule has 1 aromatic heterocycles. The van der Waals surface area contributed by atoms with Gasteiger partial charge in [0, 0.05) is 18.3 Å². The Morgan fingerprint density at radius 1 is 1.48 bits per heavy atom. The van der Waals surface area contributed by atoms with Crippen LogP contribution in [0.3, 0.4) is 0 Å². The minimum Gasteiger partial charge on any atom is -0.357 e. The fraction of sp³-hybridized carbons (Fsp3) is 0.571. The third kappa shape index (κ3) is 5.00. The van der Waals surface area contributed by atoms with Crippen molar-refractivity contribution in [3.05, 3.63) is 29.6 Å². The van der Waals surface area contributed by atoms with Gasteiger partial charge in [0.1, 0.15) is 0 Å². The van der Waals surface area contributed by atoms with Gasteiger partial charge in [0.25, 0.3) is 0 Å². The molecule has 0 saturated carbocycles. The summed E-state index contributed by atoms with van der Waals surface area (Å²) in [6.45, 7) is 5.12. The maximum Gasteiger partial charge on any atom is 0.191 e. The molecular formula is C14H22N4O2S. The molecule has 21 heavy (non-hydrogen) atoms. The maximum atomic E-state index is 11.5. The Morgan fingerprint density at radius 3 is 2.90 bits per heavy atom. The summed E-state index contributed by atoms with van der Waals surface area (Å²) >= 11 is 0. The van der Waals surface area contributed by atoms with E-state index in [1.807, 2.05) is 32.0 Å². The van der Waals surface area contributed by atoms with Crippen molar-refractivity contribution in [2.24, 2.45) is 4.99 Å². The number of nitrogens with one attached hydrogen (secondary N) is 2. The van der Waals surface area contributed by atoms with Gasteiger partial charge in [-0.15, -0.1) is 0 Å². The monoisotopic (exact) mass is 310 g/mol. The molecule has 1 atom stereocenters. The molecule has 1 aromatic rings. The van der Waals surface area contributed by atoms with Gasteiger partial charge in [-0.2, -0.15) is 0 Å². The Labute approximate surface area is 126 Å². The number of rotatable bonds is 4. The molecule has 0 aromatic carbocycles. The van der Waals surface area contributed by atoms with Gasteiger partial charge < -0.3 is 10.6 Å². The van der Waals surface area contributed by atoms with Crippen molar-refractivity contribution >= 4 is 15.8 Å². The number of aryl methyl sites for hydroxylation is 1. The first kappa shape index (κ1) is 15.8. The highest BCUT2D eigenvalue weighted by Gasteiger charge is 2.28. The normalized spacial score (nSPS) is 21.2. The summed E-state index contributed by atoms with van der Waals surface area (Å²) in [5, 5.41) is 6.33. The van der Waals surface area contributed by atoms with E-state index < -0.39 is 9.84 Å². The molecule has 0 amide bonds. The van der Waals surface area contributed by atoms with Crippen LogP contribution in [-0.2, 0) is 16.4 Å². The fourth-order valence-electron chi connectivity index (χ4n) is 2.27. The van der Waals surface area contributed by atoms with E-state index in [2.05, 4.69) is 20.6 Å². The lowest BCUT2D eigenvalue weighted by Crippen LogP contribution is -2.44. The minimum absolute atomic E-state index is 0.0572. The second kappa shape index (κ2) is 6.89. The molecule has 1 saturated heterocycles. The Bertz CT molecular complexity index is 613. The zero-order chi connectivity index (χ0) is 15.3. The van der Waals surface area contributed by atoms with Crippen molar-refractivity contribution in [3.63, 3.8) is 0 Å². The third-order valence-corrected chi connectivity index (χ3v) is 5.03. The van der Waals surface area contributed by atoms with Crippen LogP contribution in [0.25, 0.3) is 0 Å². The van der Waals surface area contributed by atoms with Crippen LogP contribution in [0.1, 0.15) is 24.7 Å². The van der Waals surface area contributed by atoms with Crippen molar-refractivity contribution in [1.29, 1.82) is 0 Å².